The van der Waals surface area contributed by atoms with Gasteiger partial charge in [0.05, 0.1) is 22.0 Å². The zero-order chi connectivity index (χ0) is 20.6. The molecule has 1 fully saturated rings. The summed E-state index contributed by atoms with van der Waals surface area (Å²) in [4.78, 5) is 35.5. The number of halogens is 1. The van der Waals surface area contributed by atoms with Crippen LogP contribution in [0.25, 0.3) is 0 Å². The highest BCUT2D eigenvalue weighted by Crippen LogP contribution is 2.30. The minimum Gasteiger partial charge on any atom is -0.507 e. The van der Waals surface area contributed by atoms with Crippen LogP contribution < -0.4 is 9.62 Å². The molecular weight excluding hydrogens is 412 g/mol. The molecule has 0 atom stereocenters. The third-order valence-electron chi connectivity index (χ3n) is 3.99. The Morgan fingerprint density at radius 1 is 1.11 bits per heavy atom. The van der Waals surface area contributed by atoms with Crippen molar-refractivity contribution in [2.75, 3.05) is 15.4 Å². The van der Waals surface area contributed by atoms with E-state index in [0.29, 0.717) is 4.31 Å². The average molecular weight is 425 g/mol. The maximum atomic E-state index is 12.6. The van der Waals surface area contributed by atoms with Crippen molar-refractivity contribution in [1.29, 1.82) is 0 Å². The predicted molar refractivity (Wildman–Crippen MR) is 100 cm³/mol. The number of nitrogens with zero attached hydrogens (tertiary/aromatic N) is 1. The summed E-state index contributed by atoms with van der Waals surface area (Å²) in [6, 6.07) is 7.20. The number of aromatic hydroxyl groups is 1. The molecule has 9 nitrogen and oxygen atoms in total. The molecule has 2 aromatic carbocycles. The Labute approximate surface area is 164 Å². The van der Waals surface area contributed by atoms with Crippen molar-refractivity contribution in [3.8, 4) is 5.75 Å². The summed E-state index contributed by atoms with van der Waals surface area (Å²) >= 11 is 6.03. The zero-order valence-corrected chi connectivity index (χ0v) is 15.6. The molecule has 0 spiro atoms. The number of carbonyl (C=O) groups excluding carboxylic acids is 2. The first-order valence-corrected chi connectivity index (χ1v) is 9.82. The second-order valence-corrected chi connectivity index (χ2v) is 8.22. The summed E-state index contributed by atoms with van der Waals surface area (Å²) < 4.78 is 24.7. The molecule has 0 radical (unpaired) electrons. The second-order valence-electron chi connectivity index (χ2n) is 5.88. The first kappa shape index (κ1) is 19.6. The highest BCUT2D eigenvalue weighted by atomic mass is 35.5. The van der Waals surface area contributed by atoms with E-state index in [-0.39, 0.29) is 34.1 Å². The molecule has 3 N–H and O–H groups in total. The van der Waals surface area contributed by atoms with Gasteiger partial charge in [-0.1, -0.05) is 11.6 Å². The number of sulfonamides is 1. The Bertz CT molecular complexity index is 1110. The van der Waals surface area contributed by atoms with Crippen molar-refractivity contribution in [3.63, 3.8) is 0 Å². The van der Waals surface area contributed by atoms with E-state index in [0.717, 1.165) is 18.2 Å². The Balaban J connectivity index is 1.94. The molecule has 1 heterocycles. The number of benzene rings is 2. The third-order valence-corrected chi connectivity index (χ3v) is 6.01. The zero-order valence-electron chi connectivity index (χ0n) is 14.0. The van der Waals surface area contributed by atoms with Gasteiger partial charge >= 0.3 is 5.97 Å². The van der Waals surface area contributed by atoms with Crippen molar-refractivity contribution in [2.24, 2.45) is 0 Å². The van der Waals surface area contributed by atoms with Gasteiger partial charge < -0.3 is 15.5 Å². The Morgan fingerprint density at radius 3 is 2.43 bits per heavy atom. The monoisotopic (exact) mass is 424 g/mol. The quantitative estimate of drug-likeness (QED) is 0.638. The molecule has 3 rings (SSSR count). The van der Waals surface area contributed by atoms with Crippen LogP contribution in [0, 0.1) is 0 Å². The number of anilines is 2. The third kappa shape index (κ3) is 3.64. The Morgan fingerprint density at radius 2 is 1.82 bits per heavy atom. The van der Waals surface area contributed by atoms with E-state index >= 15 is 0 Å². The molecule has 146 valence electrons. The molecule has 2 aromatic rings. The molecule has 1 aliphatic rings. The average Bonchev–Trinajstić information content (AvgIpc) is 2.90. The number of amides is 2. The van der Waals surface area contributed by atoms with E-state index in [4.69, 9.17) is 16.7 Å². The summed E-state index contributed by atoms with van der Waals surface area (Å²) in [5, 5.41) is 21.0. The van der Waals surface area contributed by atoms with Crippen molar-refractivity contribution < 1.29 is 33.0 Å². The number of carboxylic acid groups (broad SMARTS) is 1. The van der Waals surface area contributed by atoms with Gasteiger partial charge in [-0.05, 0) is 36.4 Å². The summed E-state index contributed by atoms with van der Waals surface area (Å²) in [5.74, 6) is -3.53. The molecule has 0 bridgehead atoms. The van der Waals surface area contributed by atoms with Crippen LogP contribution in [-0.4, -0.2) is 42.2 Å². The van der Waals surface area contributed by atoms with Gasteiger partial charge in [0, 0.05) is 12.1 Å². The van der Waals surface area contributed by atoms with Gasteiger partial charge in [-0.3, -0.25) is 9.59 Å². The van der Waals surface area contributed by atoms with E-state index in [2.05, 4.69) is 5.32 Å². The number of hydrogen-bond acceptors (Lipinski definition) is 6. The van der Waals surface area contributed by atoms with Gasteiger partial charge in [0.25, 0.3) is 5.91 Å². The lowest BCUT2D eigenvalue weighted by atomic mass is 10.1. The van der Waals surface area contributed by atoms with Crippen LogP contribution in [0.15, 0.2) is 36.4 Å². The maximum Gasteiger partial charge on any atom is 0.339 e. The van der Waals surface area contributed by atoms with Crippen LogP contribution >= 0.6 is 11.6 Å². The van der Waals surface area contributed by atoms with Crippen molar-refractivity contribution >= 4 is 50.8 Å². The molecule has 2 amide bonds. The molecule has 1 saturated heterocycles. The number of carboxylic acids is 1. The molecule has 0 saturated carbocycles. The maximum absolute atomic E-state index is 12.6. The van der Waals surface area contributed by atoms with Crippen LogP contribution in [0.2, 0.25) is 5.02 Å². The molecule has 0 unspecified atom stereocenters. The van der Waals surface area contributed by atoms with E-state index in [1.807, 2.05) is 0 Å². The fourth-order valence-corrected chi connectivity index (χ4v) is 4.32. The molecule has 0 aromatic heterocycles. The summed E-state index contributed by atoms with van der Waals surface area (Å²) in [7, 11) is -3.81. The van der Waals surface area contributed by atoms with Crippen LogP contribution in [0.4, 0.5) is 11.4 Å². The van der Waals surface area contributed by atoms with Gasteiger partial charge in [-0.25, -0.2) is 17.5 Å². The number of aromatic carboxylic acids is 1. The van der Waals surface area contributed by atoms with Gasteiger partial charge in [0.15, 0.2) is 0 Å². The number of hydrogen-bond donors (Lipinski definition) is 3. The van der Waals surface area contributed by atoms with Crippen molar-refractivity contribution in [3.05, 3.63) is 52.5 Å². The van der Waals surface area contributed by atoms with Crippen LogP contribution in [-0.2, 0) is 14.8 Å². The van der Waals surface area contributed by atoms with Crippen molar-refractivity contribution in [2.45, 2.75) is 6.42 Å². The molecule has 0 aliphatic carbocycles. The van der Waals surface area contributed by atoms with E-state index in [1.165, 1.54) is 18.2 Å². The highest BCUT2D eigenvalue weighted by Gasteiger charge is 2.36. The normalized spacial score (nSPS) is 15.5. The fraction of sp³-hybridized carbons (Fsp3) is 0.118. The fourth-order valence-electron chi connectivity index (χ4n) is 2.67. The van der Waals surface area contributed by atoms with Gasteiger partial charge in [0.1, 0.15) is 11.3 Å². The van der Waals surface area contributed by atoms with E-state index < -0.39 is 39.1 Å². The highest BCUT2D eigenvalue weighted by molar-refractivity contribution is 7.94. The van der Waals surface area contributed by atoms with Crippen LogP contribution in [0.1, 0.15) is 27.1 Å². The predicted octanol–water partition coefficient (Wildman–Crippen LogP) is 2.06. The number of rotatable bonds is 4. The minimum absolute atomic E-state index is 0.00234. The van der Waals surface area contributed by atoms with E-state index in [9.17, 15) is 27.9 Å². The first-order chi connectivity index (χ1) is 13.1. The Hall–Kier alpha value is -3.11. The van der Waals surface area contributed by atoms with Crippen LogP contribution in [0.5, 0.6) is 5.75 Å². The lowest BCUT2D eigenvalue weighted by Crippen LogP contribution is -2.29. The van der Waals surface area contributed by atoms with Crippen LogP contribution in [0.3, 0.4) is 0 Å². The molecular formula is C17H13ClN2O7S. The van der Waals surface area contributed by atoms with Gasteiger partial charge in [-0.2, -0.15) is 0 Å². The second kappa shape index (κ2) is 7.13. The lowest BCUT2D eigenvalue weighted by Gasteiger charge is -2.16. The minimum atomic E-state index is -3.81. The number of carbonyl (C=O) groups is 3. The van der Waals surface area contributed by atoms with Crippen molar-refractivity contribution in [1.82, 2.24) is 0 Å². The number of nitrogens with one attached hydrogen (secondary N) is 1. The molecule has 1 aliphatic heterocycles. The lowest BCUT2D eigenvalue weighted by molar-refractivity contribution is -0.116. The van der Waals surface area contributed by atoms with Gasteiger partial charge in [-0.15, -0.1) is 0 Å². The van der Waals surface area contributed by atoms with Gasteiger partial charge in [0.2, 0.25) is 15.9 Å². The topological polar surface area (TPSA) is 141 Å². The SMILES string of the molecule is O=C(O)c1cc(NC(=O)c2cc(N3C(=O)CCS3(=O)=O)ccc2Cl)ccc1O. The molecule has 11 heteroatoms. The molecule has 28 heavy (non-hydrogen) atoms. The Kier molecular flexibility index (Phi) is 5.01. The standard InChI is InChI=1S/C17H13ClN2O7S/c18-13-3-2-10(20-15(22)5-6-28(20,26)27)8-11(13)16(23)19-9-1-4-14(21)12(7-9)17(24)25/h1-4,7-8,21H,5-6H2,(H,19,23)(H,24,25). The largest absolute Gasteiger partial charge is 0.507 e. The summed E-state index contributed by atoms with van der Waals surface area (Å²) in [6.45, 7) is 0. The summed E-state index contributed by atoms with van der Waals surface area (Å²) in [5.41, 5.74) is -0.467. The number of phenols is 1. The smallest absolute Gasteiger partial charge is 0.339 e. The first-order valence-electron chi connectivity index (χ1n) is 7.83. The van der Waals surface area contributed by atoms with E-state index in [1.54, 1.807) is 0 Å². The summed E-state index contributed by atoms with van der Waals surface area (Å²) in [6.07, 6.45) is -0.155.